The number of alkyl carbamates (subject to hydrolysis) is 1. The summed E-state index contributed by atoms with van der Waals surface area (Å²) in [5, 5.41) is 2.67. The van der Waals surface area contributed by atoms with Crippen LogP contribution in [0.2, 0.25) is 0 Å². The van der Waals surface area contributed by atoms with Gasteiger partial charge in [0.25, 0.3) is 0 Å². The molecule has 6 heteroatoms. The fourth-order valence-corrected chi connectivity index (χ4v) is 1.43. The lowest BCUT2D eigenvalue weighted by Crippen LogP contribution is -2.36. The van der Waals surface area contributed by atoms with E-state index in [0.29, 0.717) is 26.1 Å². The van der Waals surface area contributed by atoms with Crippen LogP contribution in [-0.4, -0.2) is 49.4 Å². The van der Waals surface area contributed by atoms with E-state index in [9.17, 15) is 9.59 Å². The van der Waals surface area contributed by atoms with Gasteiger partial charge in [-0.1, -0.05) is 12.7 Å². The summed E-state index contributed by atoms with van der Waals surface area (Å²) in [6.07, 6.45) is 1.41. The van der Waals surface area contributed by atoms with Crippen LogP contribution in [0.3, 0.4) is 0 Å². The Kier molecular flexibility index (Phi) is 5.32. The Balaban J connectivity index is 2.16. The molecule has 1 atom stereocenters. The molecule has 17 heavy (non-hydrogen) atoms. The van der Waals surface area contributed by atoms with Crippen LogP contribution in [0, 0.1) is 0 Å². The molecule has 1 fully saturated rings. The lowest BCUT2D eigenvalue weighted by atomic mass is 10.2. The zero-order valence-corrected chi connectivity index (χ0v) is 9.98. The van der Waals surface area contributed by atoms with E-state index >= 15 is 0 Å². The third kappa shape index (κ3) is 4.76. The third-order valence-electron chi connectivity index (χ3n) is 2.37. The fourth-order valence-electron chi connectivity index (χ4n) is 1.43. The first-order valence-electron chi connectivity index (χ1n) is 5.59. The summed E-state index contributed by atoms with van der Waals surface area (Å²) >= 11 is 0. The summed E-state index contributed by atoms with van der Waals surface area (Å²) < 4.78 is 9.58. The molecule has 0 aromatic carbocycles. The molecular formula is C11H18N2O4. The van der Waals surface area contributed by atoms with Crippen LogP contribution in [0.5, 0.6) is 0 Å². The molecule has 1 N–H and O–H groups in total. The number of nitrogens with one attached hydrogen (secondary N) is 1. The number of hydrogen-bond donors (Lipinski definition) is 1. The van der Waals surface area contributed by atoms with Gasteiger partial charge in [-0.15, -0.1) is 0 Å². The largest absolute Gasteiger partial charge is 0.448 e. The summed E-state index contributed by atoms with van der Waals surface area (Å²) in [6, 6.07) is -0.0549. The van der Waals surface area contributed by atoms with Crippen LogP contribution < -0.4 is 5.32 Å². The SMILES string of the molecule is C=CCOC(=O)NC(C)CCN1CCOC1=O. The maximum Gasteiger partial charge on any atom is 0.409 e. The molecule has 0 radical (unpaired) electrons. The van der Waals surface area contributed by atoms with Crippen LogP contribution in [-0.2, 0) is 9.47 Å². The normalized spacial score (nSPS) is 16.3. The van der Waals surface area contributed by atoms with Crippen LogP contribution in [0.1, 0.15) is 13.3 Å². The van der Waals surface area contributed by atoms with Crippen LogP contribution in [0.4, 0.5) is 9.59 Å². The highest BCUT2D eigenvalue weighted by Crippen LogP contribution is 2.05. The summed E-state index contributed by atoms with van der Waals surface area (Å²) in [4.78, 5) is 23.9. The van der Waals surface area contributed by atoms with Crippen LogP contribution >= 0.6 is 0 Å². The second kappa shape index (κ2) is 6.78. The second-order valence-corrected chi connectivity index (χ2v) is 3.82. The molecule has 96 valence electrons. The molecule has 0 spiro atoms. The van der Waals surface area contributed by atoms with Crippen molar-refractivity contribution in [2.45, 2.75) is 19.4 Å². The van der Waals surface area contributed by atoms with Crippen LogP contribution in [0.15, 0.2) is 12.7 Å². The van der Waals surface area contributed by atoms with Gasteiger partial charge in [-0.25, -0.2) is 9.59 Å². The van der Waals surface area contributed by atoms with E-state index in [0.717, 1.165) is 0 Å². The number of carbonyl (C=O) groups excluding carboxylic acids is 2. The van der Waals surface area contributed by atoms with Crippen molar-refractivity contribution in [2.24, 2.45) is 0 Å². The highest BCUT2D eigenvalue weighted by molar-refractivity contribution is 5.69. The zero-order valence-electron chi connectivity index (χ0n) is 9.98. The Labute approximate surface area is 101 Å². The van der Waals surface area contributed by atoms with Gasteiger partial charge in [0.1, 0.15) is 13.2 Å². The van der Waals surface area contributed by atoms with Gasteiger partial charge in [0.2, 0.25) is 0 Å². The highest BCUT2D eigenvalue weighted by atomic mass is 16.6. The van der Waals surface area contributed by atoms with Gasteiger partial charge in [-0.3, -0.25) is 0 Å². The molecule has 6 nitrogen and oxygen atoms in total. The monoisotopic (exact) mass is 242 g/mol. The Morgan fingerprint density at radius 2 is 2.53 bits per heavy atom. The first kappa shape index (κ1) is 13.3. The number of ether oxygens (including phenoxy) is 2. The quantitative estimate of drug-likeness (QED) is 0.709. The topological polar surface area (TPSA) is 67.9 Å². The first-order valence-corrected chi connectivity index (χ1v) is 5.59. The van der Waals surface area contributed by atoms with Crippen molar-refractivity contribution in [3.8, 4) is 0 Å². The van der Waals surface area contributed by atoms with E-state index in [1.165, 1.54) is 6.08 Å². The second-order valence-electron chi connectivity index (χ2n) is 3.82. The molecule has 1 rings (SSSR count). The highest BCUT2D eigenvalue weighted by Gasteiger charge is 2.22. The van der Waals surface area contributed by atoms with E-state index in [1.54, 1.807) is 4.90 Å². The molecule has 0 saturated carbocycles. The van der Waals surface area contributed by atoms with Gasteiger partial charge < -0.3 is 19.7 Å². The maximum absolute atomic E-state index is 11.2. The Bertz CT molecular complexity index is 293. The minimum Gasteiger partial charge on any atom is -0.448 e. The molecule has 1 heterocycles. The van der Waals surface area contributed by atoms with E-state index < -0.39 is 6.09 Å². The Morgan fingerprint density at radius 1 is 1.76 bits per heavy atom. The lowest BCUT2D eigenvalue weighted by molar-refractivity contribution is 0.151. The van der Waals surface area contributed by atoms with Gasteiger partial charge in [0, 0.05) is 12.6 Å². The summed E-state index contributed by atoms with van der Waals surface area (Å²) in [5.74, 6) is 0. The van der Waals surface area contributed by atoms with Crippen molar-refractivity contribution in [1.29, 1.82) is 0 Å². The van der Waals surface area contributed by atoms with E-state index in [1.807, 2.05) is 6.92 Å². The average molecular weight is 242 g/mol. The summed E-state index contributed by atoms with van der Waals surface area (Å²) in [7, 11) is 0. The zero-order chi connectivity index (χ0) is 12.7. The standard InChI is InChI=1S/C11H18N2O4/c1-3-7-16-10(14)12-9(2)4-5-13-6-8-17-11(13)15/h3,9H,1,4-8H2,2H3,(H,12,14). The molecule has 1 aliphatic rings. The van der Waals surface area contributed by atoms with Gasteiger partial charge >= 0.3 is 12.2 Å². The molecule has 0 aliphatic carbocycles. The van der Waals surface area contributed by atoms with Gasteiger partial charge in [-0.2, -0.15) is 0 Å². The predicted octanol–water partition coefficient (Wildman–Crippen LogP) is 1.13. The number of nitrogens with zero attached hydrogens (tertiary/aromatic N) is 1. The molecule has 0 bridgehead atoms. The maximum atomic E-state index is 11.2. The number of rotatable bonds is 6. The number of cyclic esters (lactones) is 1. The minimum absolute atomic E-state index is 0.0549. The molecule has 1 saturated heterocycles. The van der Waals surface area contributed by atoms with Crippen molar-refractivity contribution >= 4 is 12.2 Å². The fraction of sp³-hybridized carbons (Fsp3) is 0.636. The molecule has 1 unspecified atom stereocenters. The van der Waals surface area contributed by atoms with Gasteiger partial charge in [0.15, 0.2) is 0 Å². The number of carbonyl (C=O) groups is 2. The Morgan fingerprint density at radius 3 is 3.12 bits per heavy atom. The van der Waals surface area contributed by atoms with E-state index in [4.69, 9.17) is 9.47 Å². The molecule has 1 aliphatic heterocycles. The smallest absolute Gasteiger partial charge is 0.409 e. The first-order chi connectivity index (χ1) is 8.13. The van der Waals surface area contributed by atoms with Crippen molar-refractivity contribution in [3.05, 3.63) is 12.7 Å². The third-order valence-corrected chi connectivity index (χ3v) is 2.37. The molecule has 0 aromatic rings. The van der Waals surface area contributed by atoms with E-state index in [2.05, 4.69) is 11.9 Å². The van der Waals surface area contributed by atoms with Gasteiger partial charge in [0.05, 0.1) is 6.54 Å². The van der Waals surface area contributed by atoms with Gasteiger partial charge in [-0.05, 0) is 13.3 Å². The minimum atomic E-state index is -0.471. The molecule has 0 aromatic heterocycles. The number of amides is 2. The Hall–Kier alpha value is -1.72. The van der Waals surface area contributed by atoms with Crippen molar-refractivity contribution in [3.63, 3.8) is 0 Å². The summed E-state index contributed by atoms with van der Waals surface area (Å²) in [6.45, 7) is 7.13. The van der Waals surface area contributed by atoms with Crippen molar-refractivity contribution in [2.75, 3.05) is 26.3 Å². The molecule has 2 amide bonds. The number of hydrogen-bond acceptors (Lipinski definition) is 4. The average Bonchev–Trinajstić information content (AvgIpc) is 2.69. The van der Waals surface area contributed by atoms with Crippen molar-refractivity contribution in [1.82, 2.24) is 10.2 Å². The van der Waals surface area contributed by atoms with Crippen LogP contribution in [0.25, 0.3) is 0 Å². The summed E-state index contributed by atoms with van der Waals surface area (Å²) in [5.41, 5.74) is 0. The predicted molar refractivity (Wildman–Crippen MR) is 61.7 cm³/mol. The lowest BCUT2D eigenvalue weighted by Gasteiger charge is -2.17. The van der Waals surface area contributed by atoms with Crippen molar-refractivity contribution < 1.29 is 19.1 Å². The van der Waals surface area contributed by atoms with E-state index in [-0.39, 0.29) is 18.7 Å². The molecular weight excluding hydrogens is 224 g/mol.